The van der Waals surface area contributed by atoms with E-state index in [-0.39, 0.29) is 0 Å². The molecule has 0 saturated carbocycles. The van der Waals surface area contributed by atoms with E-state index in [9.17, 15) is 0 Å². The van der Waals surface area contributed by atoms with Crippen molar-refractivity contribution < 1.29 is 5.21 Å². The van der Waals surface area contributed by atoms with Gasteiger partial charge in [0.15, 0.2) is 0 Å². The Bertz CT molecular complexity index is 290. The normalized spacial score (nSPS) is 8.91. The van der Waals surface area contributed by atoms with Crippen molar-refractivity contribution in [2.75, 3.05) is 0 Å². The third kappa shape index (κ3) is 1.74. The summed E-state index contributed by atoms with van der Waals surface area (Å²) in [5.41, 5.74) is 2.97. The fourth-order valence-electron chi connectivity index (χ4n) is 0.803. The average Bonchev–Trinajstić information content (AvgIpc) is 2.55. The van der Waals surface area contributed by atoms with Gasteiger partial charge >= 0.3 is 0 Å². The second-order valence-corrected chi connectivity index (χ2v) is 2.71. The average molecular weight is 168 g/mol. The van der Waals surface area contributed by atoms with E-state index in [4.69, 9.17) is 5.21 Å². The highest BCUT2D eigenvalue weighted by molar-refractivity contribution is 7.16. The number of para-hydroxylation sites is 1. The summed E-state index contributed by atoms with van der Waals surface area (Å²) < 4.78 is 1.26. The monoisotopic (exact) mass is 168 g/mol. The van der Waals surface area contributed by atoms with Crippen LogP contribution in [0.2, 0.25) is 0 Å². The second kappa shape index (κ2) is 4.02. The van der Waals surface area contributed by atoms with Crippen LogP contribution in [0.25, 0.3) is 10.2 Å². The topological polar surface area (TPSA) is 59.1 Å². The smallest absolute Gasteiger partial charge is 0.0812 e. The molecule has 1 aromatic carbocycles. The molecular weight excluding hydrogens is 160 g/mol. The van der Waals surface area contributed by atoms with Gasteiger partial charge in [-0.05, 0) is 12.1 Å². The van der Waals surface area contributed by atoms with E-state index >= 15 is 0 Å². The number of nitrogens with zero attached hydrogens (tertiary/aromatic N) is 1. The maximum absolute atomic E-state index is 6.50. The van der Waals surface area contributed by atoms with E-state index < -0.39 is 0 Å². The van der Waals surface area contributed by atoms with Crippen molar-refractivity contribution >= 4 is 21.6 Å². The number of hydrogen-bond donors (Lipinski definition) is 2. The molecule has 58 valence electrons. The van der Waals surface area contributed by atoms with Gasteiger partial charge in [-0.25, -0.2) is 10.9 Å². The predicted molar refractivity (Wildman–Crippen MR) is 45.6 cm³/mol. The third-order valence-electron chi connectivity index (χ3n) is 1.24. The first-order valence-corrected chi connectivity index (χ1v) is 3.89. The van der Waals surface area contributed by atoms with Crippen LogP contribution in [0.4, 0.5) is 0 Å². The maximum atomic E-state index is 6.50. The molecule has 0 saturated heterocycles. The first-order chi connectivity index (χ1) is 5.47. The molecule has 0 aliphatic heterocycles. The van der Waals surface area contributed by atoms with Gasteiger partial charge in [-0.3, -0.25) is 0 Å². The number of benzene rings is 1. The third-order valence-corrected chi connectivity index (χ3v) is 2.05. The molecule has 0 radical (unpaired) electrons. The Morgan fingerprint density at radius 2 is 2.00 bits per heavy atom. The van der Waals surface area contributed by atoms with E-state index in [1.54, 1.807) is 11.3 Å². The molecule has 11 heavy (non-hydrogen) atoms. The van der Waals surface area contributed by atoms with Gasteiger partial charge in [0.1, 0.15) is 0 Å². The first kappa shape index (κ1) is 8.13. The Kier molecular flexibility index (Phi) is 2.97. The van der Waals surface area contributed by atoms with Crippen LogP contribution in [0.15, 0.2) is 29.8 Å². The maximum Gasteiger partial charge on any atom is 0.0812 e. The largest absolute Gasteiger partial charge is 0.320 e. The summed E-state index contributed by atoms with van der Waals surface area (Å²) in [4.78, 5) is 4.14. The van der Waals surface area contributed by atoms with Crippen molar-refractivity contribution in [2.45, 2.75) is 0 Å². The molecule has 0 unspecified atom stereocenters. The zero-order valence-electron chi connectivity index (χ0n) is 5.77. The van der Waals surface area contributed by atoms with Gasteiger partial charge in [0.05, 0.1) is 15.7 Å². The molecule has 3 N–H and O–H groups in total. The summed E-state index contributed by atoms with van der Waals surface area (Å²) in [6.07, 6.45) is 0. The molecule has 4 heteroatoms. The predicted octanol–water partition coefficient (Wildman–Crippen LogP) is 1.63. The van der Waals surface area contributed by atoms with Crippen LogP contribution in [0, 0.1) is 0 Å². The molecule has 0 aliphatic rings. The van der Waals surface area contributed by atoms with E-state index in [1.165, 1.54) is 4.70 Å². The number of thiazole rings is 1. The Morgan fingerprint density at radius 3 is 2.73 bits per heavy atom. The van der Waals surface area contributed by atoms with Crippen LogP contribution in [0.3, 0.4) is 0 Å². The highest BCUT2D eigenvalue weighted by Gasteiger charge is 1.89. The number of nitrogens with two attached hydrogens (primary N) is 1. The molecule has 1 heterocycles. The molecule has 0 aliphatic carbocycles. The fraction of sp³-hybridized carbons (Fsp3) is 0. The molecule has 0 fully saturated rings. The van der Waals surface area contributed by atoms with Crippen molar-refractivity contribution in [3.63, 3.8) is 0 Å². The van der Waals surface area contributed by atoms with Crippen LogP contribution in [0.5, 0.6) is 0 Å². The van der Waals surface area contributed by atoms with Crippen LogP contribution in [-0.2, 0) is 0 Å². The van der Waals surface area contributed by atoms with Gasteiger partial charge < -0.3 is 5.21 Å². The van der Waals surface area contributed by atoms with E-state index in [1.807, 2.05) is 23.7 Å². The Balaban J connectivity index is 0.000000281. The van der Waals surface area contributed by atoms with Crippen molar-refractivity contribution in [1.29, 1.82) is 0 Å². The molecule has 2 rings (SSSR count). The molecule has 0 bridgehead atoms. The molecule has 0 amide bonds. The highest BCUT2D eigenvalue weighted by Crippen LogP contribution is 2.15. The van der Waals surface area contributed by atoms with E-state index in [0.29, 0.717) is 0 Å². The van der Waals surface area contributed by atoms with Gasteiger partial charge in [0.2, 0.25) is 0 Å². The van der Waals surface area contributed by atoms with Crippen LogP contribution in [0.1, 0.15) is 0 Å². The lowest BCUT2D eigenvalue weighted by Gasteiger charge is -1.80. The standard InChI is InChI=1S/C7H5NS.H3NO/c1-2-4-7-6(3-1)8-5-9-7;1-2/h1-5H;2H,1H2. The Labute approximate surface area is 68.1 Å². The second-order valence-electron chi connectivity index (χ2n) is 1.82. The number of hydrogen-bond acceptors (Lipinski definition) is 4. The minimum absolute atomic E-state index is 1.10. The zero-order chi connectivity index (χ0) is 8.10. The summed E-state index contributed by atoms with van der Waals surface area (Å²) in [5.74, 6) is 3.50. The van der Waals surface area contributed by atoms with Crippen molar-refractivity contribution in [3.8, 4) is 0 Å². The SMILES string of the molecule is NO.c1ccc2scnc2c1. The van der Waals surface area contributed by atoms with Gasteiger partial charge in [0, 0.05) is 0 Å². The highest BCUT2D eigenvalue weighted by atomic mass is 32.1. The van der Waals surface area contributed by atoms with Crippen molar-refractivity contribution in [2.24, 2.45) is 5.90 Å². The number of rotatable bonds is 0. The van der Waals surface area contributed by atoms with Gasteiger partial charge in [0.25, 0.3) is 0 Å². The molecule has 3 nitrogen and oxygen atoms in total. The summed E-state index contributed by atoms with van der Waals surface area (Å²) in [6, 6.07) is 8.13. The summed E-state index contributed by atoms with van der Waals surface area (Å²) in [6.45, 7) is 0. The molecule has 2 aromatic rings. The Hall–Kier alpha value is -0.970. The van der Waals surface area contributed by atoms with Gasteiger partial charge in [-0.15, -0.1) is 11.3 Å². The summed E-state index contributed by atoms with van der Waals surface area (Å²) in [5, 5.41) is 6.50. The van der Waals surface area contributed by atoms with Gasteiger partial charge in [-0.2, -0.15) is 0 Å². The quantitative estimate of drug-likeness (QED) is 0.588. The minimum Gasteiger partial charge on any atom is -0.320 e. The van der Waals surface area contributed by atoms with E-state index in [2.05, 4.69) is 16.9 Å². The van der Waals surface area contributed by atoms with Crippen molar-refractivity contribution in [1.82, 2.24) is 4.98 Å². The van der Waals surface area contributed by atoms with Crippen LogP contribution < -0.4 is 5.90 Å². The van der Waals surface area contributed by atoms with Crippen LogP contribution >= 0.6 is 11.3 Å². The van der Waals surface area contributed by atoms with Crippen molar-refractivity contribution in [3.05, 3.63) is 29.8 Å². The lowest BCUT2D eigenvalue weighted by atomic mass is 10.3. The number of aromatic nitrogens is 1. The summed E-state index contributed by atoms with van der Waals surface area (Å²) >= 11 is 1.68. The first-order valence-electron chi connectivity index (χ1n) is 3.01. The fourth-order valence-corrected chi connectivity index (χ4v) is 1.48. The summed E-state index contributed by atoms with van der Waals surface area (Å²) in [7, 11) is 0. The number of fused-ring (bicyclic) bond motifs is 1. The van der Waals surface area contributed by atoms with Gasteiger partial charge in [-0.1, -0.05) is 12.1 Å². The molecule has 1 aromatic heterocycles. The molecule has 0 spiro atoms. The lowest BCUT2D eigenvalue weighted by molar-refractivity contribution is 0.311. The Morgan fingerprint density at radius 1 is 1.27 bits per heavy atom. The molecule has 0 atom stereocenters. The lowest BCUT2D eigenvalue weighted by Crippen LogP contribution is -1.72. The minimum atomic E-state index is 1.10. The van der Waals surface area contributed by atoms with E-state index in [0.717, 1.165) is 5.52 Å². The zero-order valence-corrected chi connectivity index (χ0v) is 6.58. The molecular formula is C7H8N2OS. The van der Waals surface area contributed by atoms with Crippen LogP contribution in [-0.4, -0.2) is 10.2 Å².